The van der Waals surface area contributed by atoms with E-state index in [-0.39, 0.29) is 17.1 Å². The molecule has 0 radical (unpaired) electrons. The Labute approximate surface area is 259 Å². The van der Waals surface area contributed by atoms with Gasteiger partial charge in [-0.15, -0.1) is 5.10 Å². The third-order valence-electron chi connectivity index (χ3n) is 7.74. The molecule has 11 heteroatoms. The number of fused-ring (bicyclic) bond motifs is 2. The van der Waals surface area contributed by atoms with Gasteiger partial charge in [0.05, 0.1) is 39.1 Å². The zero-order valence-electron chi connectivity index (χ0n) is 23.9. The number of halogens is 3. The number of nitrogens with one attached hydrogen (secondary N) is 2. The number of nitrogens with zero attached hydrogens (tertiary/aromatic N) is 6. The molecule has 1 atom stereocenters. The van der Waals surface area contributed by atoms with Crippen molar-refractivity contribution in [2.24, 2.45) is 0 Å². The highest BCUT2D eigenvalue weighted by atomic mass is 35.5. The number of hydrogen-bond donors (Lipinski definition) is 2. The molecule has 3 aromatic carbocycles. The van der Waals surface area contributed by atoms with Crippen molar-refractivity contribution < 1.29 is 4.39 Å². The summed E-state index contributed by atoms with van der Waals surface area (Å²) < 4.78 is 15.7. The topological polar surface area (TPSA) is 94.7 Å². The summed E-state index contributed by atoms with van der Waals surface area (Å²) in [5.41, 5.74) is 7.00. The van der Waals surface area contributed by atoms with Gasteiger partial charge in [0.2, 0.25) is 0 Å². The minimum Gasteiger partial charge on any atom is -0.373 e. The van der Waals surface area contributed by atoms with Crippen molar-refractivity contribution in [2.75, 3.05) is 17.2 Å². The number of hydrogen-bond acceptors (Lipinski definition) is 7. The molecule has 8 nitrogen and oxygen atoms in total. The van der Waals surface area contributed by atoms with Gasteiger partial charge in [-0.05, 0) is 67.4 Å². The van der Waals surface area contributed by atoms with E-state index in [4.69, 9.17) is 23.2 Å². The van der Waals surface area contributed by atoms with Crippen molar-refractivity contribution in [2.45, 2.75) is 45.9 Å². The molecule has 2 N–H and O–H groups in total. The van der Waals surface area contributed by atoms with Crippen LogP contribution in [0.3, 0.4) is 0 Å². The van der Waals surface area contributed by atoms with E-state index in [1.54, 1.807) is 6.07 Å². The molecule has 218 valence electrons. The summed E-state index contributed by atoms with van der Waals surface area (Å²) in [5.74, 6) is -0.531. The van der Waals surface area contributed by atoms with Crippen LogP contribution in [0.2, 0.25) is 10.0 Å². The molecule has 5 aromatic rings. The molecule has 0 aliphatic carbocycles. The van der Waals surface area contributed by atoms with E-state index in [0.29, 0.717) is 38.6 Å². The molecule has 0 spiro atoms. The monoisotopic (exact) mass is 614 g/mol. The third-order valence-corrected chi connectivity index (χ3v) is 8.32. The highest BCUT2D eigenvalue weighted by Gasteiger charge is 2.27. The lowest BCUT2D eigenvalue weighted by Gasteiger charge is -2.22. The summed E-state index contributed by atoms with van der Waals surface area (Å²) in [6.07, 6.45) is 3.44. The van der Waals surface area contributed by atoms with Crippen LogP contribution in [0, 0.1) is 17.1 Å². The standard InChI is InChI=1S/C32H29Cl2FN8/c1-4-42-15-19-6-5-7-23(25(19)16-42)32(29-17-43(18(2)3)41-40-29)39-22-10-24-30(38-21-8-9-28(35)26(33)11-21)20(13-36)14-37-31(24)27(34)12-22/h5-12,14,17-18,32,39H,4,15-16H2,1-3H3,(H,37,38)/t32-/m0/s1. The molecule has 0 bridgehead atoms. The Kier molecular flexibility index (Phi) is 7.93. The maximum absolute atomic E-state index is 13.9. The first kappa shape index (κ1) is 28.9. The largest absolute Gasteiger partial charge is 0.373 e. The van der Waals surface area contributed by atoms with E-state index in [9.17, 15) is 9.65 Å². The normalized spacial score (nSPS) is 13.7. The number of pyridine rings is 1. The quantitative estimate of drug-likeness (QED) is 0.183. The van der Waals surface area contributed by atoms with Gasteiger partial charge in [0.1, 0.15) is 17.6 Å². The lowest BCUT2D eigenvalue weighted by molar-refractivity contribution is 0.300. The van der Waals surface area contributed by atoms with Crippen molar-refractivity contribution >= 4 is 51.2 Å². The van der Waals surface area contributed by atoms with Crippen LogP contribution in [0.15, 0.2) is 60.9 Å². The maximum atomic E-state index is 13.9. The van der Waals surface area contributed by atoms with Crippen molar-refractivity contribution in [1.29, 1.82) is 5.26 Å². The SMILES string of the molecule is CCN1Cc2cccc([C@H](Nc3cc(Cl)c4ncc(C#N)c(Nc5ccc(F)c(Cl)c5)c4c3)c3cn(C(C)C)nn3)c2C1. The van der Waals surface area contributed by atoms with Crippen molar-refractivity contribution in [3.63, 3.8) is 0 Å². The molecule has 6 rings (SSSR count). The average Bonchev–Trinajstić information content (AvgIpc) is 3.66. The predicted octanol–water partition coefficient (Wildman–Crippen LogP) is 8.01. The molecule has 1 aliphatic rings. The van der Waals surface area contributed by atoms with Crippen molar-refractivity contribution in [1.82, 2.24) is 24.9 Å². The molecule has 3 heterocycles. The number of nitriles is 1. The Hall–Kier alpha value is -4.23. The molecule has 0 saturated carbocycles. The number of anilines is 3. The highest BCUT2D eigenvalue weighted by Crippen LogP contribution is 2.39. The van der Waals surface area contributed by atoms with Crippen LogP contribution < -0.4 is 10.6 Å². The van der Waals surface area contributed by atoms with Crippen molar-refractivity contribution in [3.8, 4) is 6.07 Å². The van der Waals surface area contributed by atoms with Crippen LogP contribution in [-0.4, -0.2) is 31.4 Å². The first-order valence-electron chi connectivity index (χ1n) is 14.0. The second-order valence-electron chi connectivity index (χ2n) is 10.8. The van der Waals surface area contributed by atoms with Gasteiger partial charge >= 0.3 is 0 Å². The van der Waals surface area contributed by atoms with Gasteiger partial charge < -0.3 is 10.6 Å². The van der Waals surface area contributed by atoms with E-state index < -0.39 is 5.82 Å². The van der Waals surface area contributed by atoms with E-state index in [1.165, 1.54) is 29.5 Å². The van der Waals surface area contributed by atoms with Crippen LogP contribution in [0.1, 0.15) is 60.8 Å². The summed E-state index contributed by atoms with van der Waals surface area (Å²) in [5, 5.41) is 26.8. The maximum Gasteiger partial charge on any atom is 0.141 e. The van der Waals surface area contributed by atoms with Crippen molar-refractivity contribution in [3.05, 3.63) is 105 Å². The second-order valence-corrected chi connectivity index (χ2v) is 11.7. The molecule has 2 aromatic heterocycles. The fraction of sp³-hybridized carbons (Fsp3) is 0.250. The second kappa shape index (κ2) is 11.8. The van der Waals surface area contributed by atoms with Gasteiger partial charge in [-0.3, -0.25) is 9.88 Å². The lowest BCUT2D eigenvalue weighted by Crippen LogP contribution is -2.17. The van der Waals surface area contributed by atoms with Gasteiger partial charge in [0.25, 0.3) is 0 Å². The molecule has 0 unspecified atom stereocenters. The van der Waals surface area contributed by atoms with Crippen LogP contribution in [0.25, 0.3) is 10.9 Å². The average molecular weight is 616 g/mol. The van der Waals surface area contributed by atoms with Crippen LogP contribution in [-0.2, 0) is 13.1 Å². The van der Waals surface area contributed by atoms with Crippen LogP contribution >= 0.6 is 23.2 Å². The first-order chi connectivity index (χ1) is 20.7. The Balaban J connectivity index is 1.47. The molecule has 43 heavy (non-hydrogen) atoms. The van der Waals surface area contributed by atoms with E-state index in [1.807, 2.05) is 23.0 Å². The van der Waals surface area contributed by atoms with E-state index >= 15 is 0 Å². The summed E-state index contributed by atoms with van der Waals surface area (Å²) in [7, 11) is 0. The lowest BCUT2D eigenvalue weighted by atomic mass is 9.95. The molecule has 0 fully saturated rings. The van der Waals surface area contributed by atoms with E-state index in [2.05, 4.69) is 75.9 Å². The van der Waals surface area contributed by atoms with Gasteiger partial charge in [0.15, 0.2) is 0 Å². The number of rotatable bonds is 8. The Morgan fingerprint density at radius 3 is 2.60 bits per heavy atom. The Bertz CT molecular complexity index is 1880. The Morgan fingerprint density at radius 2 is 1.88 bits per heavy atom. The summed E-state index contributed by atoms with van der Waals surface area (Å²) >= 11 is 12.8. The zero-order valence-corrected chi connectivity index (χ0v) is 25.4. The summed E-state index contributed by atoms with van der Waals surface area (Å²) in [6, 6.07) is 16.4. The van der Waals surface area contributed by atoms with E-state index in [0.717, 1.165) is 30.9 Å². The molecule has 1 aliphatic heterocycles. The summed E-state index contributed by atoms with van der Waals surface area (Å²) in [4.78, 5) is 6.87. The third kappa shape index (κ3) is 5.62. The van der Waals surface area contributed by atoms with Crippen LogP contribution in [0.5, 0.6) is 0 Å². The smallest absolute Gasteiger partial charge is 0.141 e. The molecular weight excluding hydrogens is 586 g/mol. The predicted molar refractivity (Wildman–Crippen MR) is 168 cm³/mol. The Morgan fingerprint density at radius 1 is 1.07 bits per heavy atom. The zero-order chi connectivity index (χ0) is 30.2. The van der Waals surface area contributed by atoms with Crippen LogP contribution in [0.4, 0.5) is 21.5 Å². The number of benzene rings is 3. The van der Waals surface area contributed by atoms with Gasteiger partial charge in [-0.25, -0.2) is 9.07 Å². The van der Waals surface area contributed by atoms with Gasteiger partial charge in [0, 0.05) is 42.1 Å². The molecular formula is C32H29Cl2FN8. The minimum atomic E-state index is -0.531. The van der Waals surface area contributed by atoms with Gasteiger partial charge in [-0.1, -0.05) is 53.5 Å². The number of aromatic nitrogens is 4. The first-order valence-corrected chi connectivity index (χ1v) is 14.8. The molecule has 0 saturated heterocycles. The summed E-state index contributed by atoms with van der Waals surface area (Å²) in [6.45, 7) is 9.00. The molecule has 0 amide bonds. The minimum absolute atomic E-state index is 0.0309. The fourth-order valence-electron chi connectivity index (χ4n) is 5.44. The van der Waals surface area contributed by atoms with Gasteiger partial charge in [-0.2, -0.15) is 5.26 Å². The fourth-order valence-corrected chi connectivity index (χ4v) is 5.89. The highest BCUT2D eigenvalue weighted by molar-refractivity contribution is 6.36.